The van der Waals surface area contributed by atoms with E-state index in [0.717, 1.165) is 29.1 Å². The van der Waals surface area contributed by atoms with Gasteiger partial charge in [0.25, 0.3) is 0 Å². The molecule has 3 nitrogen and oxygen atoms in total. The van der Waals surface area contributed by atoms with Gasteiger partial charge in [0.15, 0.2) is 0 Å². The fourth-order valence-corrected chi connectivity index (χ4v) is 9.35. The van der Waals surface area contributed by atoms with Crippen LogP contribution in [0.5, 0.6) is 0 Å². The lowest BCUT2D eigenvalue weighted by Gasteiger charge is -2.18. The summed E-state index contributed by atoms with van der Waals surface area (Å²) in [4.78, 5) is 0. The molecule has 0 saturated carbocycles. The van der Waals surface area contributed by atoms with Crippen LogP contribution in [0.3, 0.4) is 0 Å². The van der Waals surface area contributed by atoms with Crippen LogP contribution in [0.4, 0.5) is 0 Å². The molecule has 0 N–H and O–H groups in total. The summed E-state index contributed by atoms with van der Waals surface area (Å²) in [5, 5.41) is 6.24. The minimum Gasteiger partial charge on any atom is -0.456 e. The second-order valence-corrected chi connectivity index (χ2v) is 15.3. The van der Waals surface area contributed by atoms with E-state index in [9.17, 15) is 0 Å². The molecular weight excluding hydrogens is 693 g/mol. The maximum absolute atomic E-state index is 6.14. The van der Waals surface area contributed by atoms with Gasteiger partial charge in [-0.1, -0.05) is 127 Å². The average Bonchev–Trinajstić information content (AvgIpc) is 3.94. The lowest BCUT2D eigenvalue weighted by atomic mass is 9.87. The van der Waals surface area contributed by atoms with E-state index < -0.39 is 0 Å². The first-order valence-corrected chi connectivity index (χ1v) is 19.8. The van der Waals surface area contributed by atoms with E-state index >= 15 is 0 Å². The number of rotatable bonds is 5. The van der Waals surface area contributed by atoms with E-state index in [1.807, 2.05) is 6.07 Å². The zero-order valence-electron chi connectivity index (χ0n) is 31.1. The molecule has 0 radical (unpaired) electrons. The molecule has 3 aromatic heterocycles. The summed E-state index contributed by atoms with van der Waals surface area (Å²) in [6.45, 7) is 0. The molecule has 11 aromatic rings. The van der Waals surface area contributed by atoms with Gasteiger partial charge in [-0.05, 0) is 107 Å². The Kier molecular flexibility index (Phi) is 7.05. The molecule has 0 bridgehead atoms. The van der Waals surface area contributed by atoms with E-state index in [0.29, 0.717) is 5.92 Å². The Morgan fingerprint density at radius 3 is 1.53 bits per heavy atom. The predicted molar refractivity (Wildman–Crippen MR) is 238 cm³/mol. The van der Waals surface area contributed by atoms with Gasteiger partial charge >= 0.3 is 0 Å². The van der Waals surface area contributed by atoms with Crippen LogP contribution >= 0.6 is 0 Å². The monoisotopic (exact) mass is 728 g/mol. The maximum Gasteiger partial charge on any atom is 0.135 e. The number of allylic oxidation sites excluding steroid dienone is 1. The highest BCUT2D eigenvalue weighted by Gasteiger charge is 2.22. The van der Waals surface area contributed by atoms with Gasteiger partial charge in [-0.15, -0.1) is 0 Å². The van der Waals surface area contributed by atoms with Gasteiger partial charge in [0.1, 0.15) is 11.3 Å². The average molecular weight is 729 g/mol. The van der Waals surface area contributed by atoms with E-state index in [1.54, 1.807) is 0 Å². The van der Waals surface area contributed by atoms with Crippen LogP contribution in [0.2, 0.25) is 0 Å². The number of hydrogen-bond acceptors (Lipinski definition) is 1. The van der Waals surface area contributed by atoms with E-state index in [4.69, 9.17) is 4.42 Å². The van der Waals surface area contributed by atoms with Crippen molar-refractivity contribution in [3.05, 3.63) is 211 Å². The van der Waals surface area contributed by atoms with Crippen molar-refractivity contribution < 1.29 is 4.42 Å². The highest BCUT2D eigenvalue weighted by Crippen LogP contribution is 2.40. The van der Waals surface area contributed by atoms with Crippen LogP contribution < -0.4 is 0 Å². The first-order valence-electron chi connectivity index (χ1n) is 19.8. The second-order valence-electron chi connectivity index (χ2n) is 15.3. The molecule has 1 atom stereocenters. The molecule has 8 aromatic carbocycles. The molecule has 0 spiro atoms. The summed E-state index contributed by atoms with van der Waals surface area (Å²) in [7, 11) is 0. The van der Waals surface area contributed by atoms with Gasteiger partial charge in [-0.25, -0.2) is 0 Å². The quantitative estimate of drug-likeness (QED) is 0.173. The van der Waals surface area contributed by atoms with Crippen molar-refractivity contribution in [1.82, 2.24) is 9.13 Å². The predicted octanol–water partition coefficient (Wildman–Crippen LogP) is 14.3. The zero-order valence-corrected chi connectivity index (χ0v) is 31.1. The highest BCUT2D eigenvalue weighted by atomic mass is 16.3. The van der Waals surface area contributed by atoms with Gasteiger partial charge < -0.3 is 13.6 Å². The summed E-state index contributed by atoms with van der Waals surface area (Å²) in [6, 6.07) is 68.5. The summed E-state index contributed by atoms with van der Waals surface area (Å²) >= 11 is 0. The van der Waals surface area contributed by atoms with Gasteiger partial charge in [0.2, 0.25) is 0 Å². The van der Waals surface area contributed by atoms with Crippen LogP contribution in [0.25, 0.3) is 94.3 Å². The van der Waals surface area contributed by atoms with Crippen molar-refractivity contribution in [2.24, 2.45) is 0 Å². The Morgan fingerprint density at radius 2 is 0.895 bits per heavy atom. The molecule has 57 heavy (non-hydrogen) atoms. The van der Waals surface area contributed by atoms with Gasteiger partial charge in [0.05, 0.1) is 22.1 Å². The molecule has 1 aliphatic rings. The molecule has 0 saturated heterocycles. The van der Waals surface area contributed by atoms with Crippen LogP contribution in [-0.4, -0.2) is 9.13 Å². The molecule has 0 amide bonds. The van der Waals surface area contributed by atoms with Gasteiger partial charge in [0, 0.05) is 49.8 Å². The first-order chi connectivity index (χ1) is 28.2. The van der Waals surface area contributed by atoms with E-state index in [-0.39, 0.29) is 0 Å². The normalized spacial score (nSPS) is 14.0. The number of hydrogen-bond donors (Lipinski definition) is 0. The minimum atomic E-state index is 0.305. The fraction of sp³-hybridized carbons (Fsp3) is 0.0370. The lowest BCUT2D eigenvalue weighted by molar-refractivity contribution is 0.591. The van der Waals surface area contributed by atoms with Crippen LogP contribution in [-0.2, 0) is 6.42 Å². The minimum absolute atomic E-state index is 0.305. The highest BCUT2D eigenvalue weighted by molar-refractivity contribution is 6.12. The van der Waals surface area contributed by atoms with Crippen LogP contribution in [0.15, 0.2) is 199 Å². The smallest absolute Gasteiger partial charge is 0.135 e. The molecule has 12 rings (SSSR count). The Balaban J connectivity index is 0.914. The molecule has 1 unspecified atom stereocenters. The molecule has 3 heterocycles. The number of nitrogens with zero attached hydrogens (tertiary/aromatic N) is 2. The molecule has 3 heteroatoms. The van der Waals surface area contributed by atoms with Crippen molar-refractivity contribution in [1.29, 1.82) is 0 Å². The number of furan rings is 1. The Hall–Kier alpha value is -7.36. The molecule has 0 fully saturated rings. The van der Waals surface area contributed by atoms with Gasteiger partial charge in [-0.2, -0.15) is 0 Å². The lowest BCUT2D eigenvalue weighted by Crippen LogP contribution is -2.04. The van der Waals surface area contributed by atoms with E-state index in [1.165, 1.54) is 82.4 Å². The summed E-state index contributed by atoms with van der Waals surface area (Å²) in [5.74, 6) is 1.30. The second kappa shape index (κ2) is 12.6. The van der Waals surface area contributed by atoms with Crippen molar-refractivity contribution >= 4 is 60.7 Å². The van der Waals surface area contributed by atoms with Crippen molar-refractivity contribution in [2.75, 3.05) is 0 Å². The summed E-state index contributed by atoms with van der Waals surface area (Å²) in [5.41, 5.74) is 15.6. The zero-order chi connectivity index (χ0) is 37.5. The van der Waals surface area contributed by atoms with Crippen LogP contribution in [0, 0.1) is 0 Å². The molecule has 268 valence electrons. The Bertz CT molecular complexity index is 3360. The van der Waals surface area contributed by atoms with Crippen molar-refractivity contribution in [3.8, 4) is 33.6 Å². The number of benzene rings is 8. The maximum atomic E-state index is 6.14. The topological polar surface area (TPSA) is 23.0 Å². The van der Waals surface area contributed by atoms with E-state index in [2.05, 4.69) is 203 Å². The third-order valence-corrected chi connectivity index (χ3v) is 12.1. The molecule has 0 aliphatic heterocycles. The first kappa shape index (κ1) is 31.9. The Labute approximate surface area is 330 Å². The summed E-state index contributed by atoms with van der Waals surface area (Å²) in [6.07, 6.45) is 5.39. The fourth-order valence-electron chi connectivity index (χ4n) is 9.35. The SMILES string of the molecule is C1=CC(c2ccc(-n3c4ccccc4c4cc(-c5ccc6c(c5)c5ccccc5n6-c5ccc(-c6ccccc6)cc5)ccc43)cc2)Cc2c1oc1ccccc21. The number of para-hydroxylation sites is 3. The van der Waals surface area contributed by atoms with Crippen molar-refractivity contribution in [3.63, 3.8) is 0 Å². The van der Waals surface area contributed by atoms with Gasteiger partial charge in [-0.3, -0.25) is 0 Å². The molecule has 1 aliphatic carbocycles. The van der Waals surface area contributed by atoms with Crippen LogP contribution in [0.1, 0.15) is 22.8 Å². The standard InChI is InChI=1S/C54H36N2O/c1-2-10-35(11-3-1)36-18-25-41(26-19-36)55-49-15-7-4-12-43(49)46-32-39(22-29-51(46)55)40-23-30-52-47(33-40)44-13-5-8-16-50(44)56(52)42-27-20-37(21-28-42)38-24-31-54-48(34-38)45-14-6-9-17-53(45)57-54/h1-33,38H,34H2. The molecular formula is C54H36N2O. The summed E-state index contributed by atoms with van der Waals surface area (Å²) < 4.78 is 10.9. The third kappa shape index (κ3) is 5.06. The number of fused-ring (bicyclic) bond motifs is 9. The van der Waals surface area contributed by atoms with Crippen molar-refractivity contribution in [2.45, 2.75) is 12.3 Å². The number of aromatic nitrogens is 2. The third-order valence-electron chi connectivity index (χ3n) is 12.1. The largest absolute Gasteiger partial charge is 0.456 e. The Morgan fingerprint density at radius 1 is 0.404 bits per heavy atom.